The summed E-state index contributed by atoms with van der Waals surface area (Å²) in [6.07, 6.45) is -0.222. The molecule has 1 aliphatic rings. The Bertz CT molecular complexity index is 1030. The number of aryl methyl sites for hydroxylation is 1. The van der Waals surface area contributed by atoms with Crippen LogP contribution in [0.2, 0.25) is 0 Å². The van der Waals surface area contributed by atoms with E-state index >= 15 is 0 Å². The van der Waals surface area contributed by atoms with Crippen LogP contribution in [0, 0.1) is 13.8 Å². The van der Waals surface area contributed by atoms with Crippen molar-refractivity contribution in [2.24, 2.45) is 0 Å². The number of para-hydroxylation sites is 3. The van der Waals surface area contributed by atoms with Crippen LogP contribution in [0.5, 0.6) is 11.5 Å². The lowest BCUT2D eigenvalue weighted by molar-refractivity contribution is 0.0693. The smallest absolute Gasteiger partial charge is 0.322 e. The van der Waals surface area contributed by atoms with Crippen LogP contribution in [-0.4, -0.2) is 46.5 Å². The van der Waals surface area contributed by atoms with Crippen molar-refractivity contribution in [2.45, 2.75) is 26.9 Å². The van der Waals surface area contributed by atoms with Gasteiger partial charge >= 0.3 is 6.03 Å². The van der Waals surface area contributed by atoms with Crippen LogP contribution in [0.15, 0.2) is 54.6 Å². The van der Waals surface area contributed by atoms with Crippen molar-refractivity contribution >= 4 is 11.7 Å². The van der Waals surface area contributed by atoms with Crippen molar-refractivity contribution in [2.75, 3.05) is 25.0 Å². The Morgan fingerprint density at radius 2 is 1.83 bits per heavy atom. The summed E-state index contributed by atoms with van der Waals surface area (Å²) in [5.41, 5.74) is 3.34. The molecule has 0 aliphatic carbocycles. The number of amides is 2. The number of benzene rings is 2. The largest absolute Gasteiger partial charge is 0.486 e. The van der Waals surface area contributed by atoms with E-state index in [1.165, 1.54) is 0 Å². The molecule has 1 aromatic heterocycles. The molecule has 30 heavy (non-hydrogen) atoms. The summed E-state index contributed by atoms with van der Waals surface area (Å²) in [4.78, 5) is 14.7. The summed E-state index contributed by atoms with van der Waals surface area (Å²) in [6.45, 7) is 7.19. The molecule has 0 fully saturated rings. The molecule has 0 radical (unpaired) electrons. The van der Waals surface area contributed by atoms with E-state index in [9.17, 15) is 4.79 Å². The molecule has 156 valence electrons. The van der Waals surface area contributed by atoms with Gasteiger partial charge in [-0.25, -0.2) is 9.48 Å². The van der Waals surface area contributed by atoms with Crippen molar-refractivity contribution in [1.29, 1.82) is 0 Å². The van der Waals surface area contributed by atoms with Crippen LogP contribution in [0.25, 0.3) is 5.69 Å². The number of hydrogen-bond acceptors (Lipinski definition) is 4. The first-order chi connectivity index (χ1) is 14.6. The first-order valence-corrected chi connectivity index (χ1v) is 10.1. The van der Waals surface area contributed by atoms with Crippen LogP contribution >= 0.6 is 0 Å². The second kappa shape index (κ2) is 8.49. The number of carbonyl (C=O) groups is 1. The number of rotatable bonds is 5. The number of anilines is 1. The van der Waals surface area contributed by atoms with Crippen molar-refractivity contribution in [3.63, 3.8) is 0 Å². The number of likely N-dealkylation sites (N-methyl/N-ethyl adjacent to an activating group) is 1. The summed E-state index contributed by atoms with van der Waals surface area (Å²) in [5.74, 6) is 1.45. The number of aromatic nitrogens is 2. The average molecular weight is 406 g/mol. The zero-order chi connectivity index (χ0) is 21.1. The van der Waals surface area contributed by atoms with E-state index < -0.39 is 0 Å². The minimum Gasteiger partial charge on any atom is -0.486 e. The lowest BCUT2D eigenvalue weighted by atomic mass is 10.2. The SMILES string of the molecule is CCN(CC1COc2ccccc2O1)C(=O)Nc1c(C)nn(-c2ccccc2)c1C. The Kier molecular flexibility index (Phi) is 5.61. The van der Waals surface area contributed by atoms with E-state index in [0.29, 0.717) is 25.4 Å². The maximum atomic E-state index is 13.0. The van der Waals surface area contributed by atoms with Gasteiger partial charge in [-0.3, -0.25) is 0 Å². The molecule has 7 heteroatoms. The predicted octanol–water partition coefficient (Wildman–Crippen LogP) is 4.18. The molecule has 3 aromatic rings. The van der Waals surface area contributed by atoms with Crippen LogP contribution < -0.4 is 14.8 Å². The van der Waals surface area contributed by atoms with Gasteiger partial charge in [-0.15, -0.1) is 0 Å². The number of urea groups is 1. The maximum absolute atomic E-state index is 13.0. The van der Waals surface area contributed by atoms with Gasteiger partial charge in [0.15, 0.2) is 17.6 Å². The van der Waals surface area contributed by atoms with Crippen molar-refractivity contribution in [3.8, 4) is 17.2 Å². The standard InChI is InChI=1S/C23H26N4O3/c1-4-26(14-19-15-29-20-12-8-9-13-21(20)30-19)23(28)24-22-16(2)25-27(17(22)3)18-10-6-5-7-11-18/h5-13,19H,4,14-15H2,1-3H3,(H,24,28). The maximum Gasteiger partial charge on any atom is 0.322 e. The normalized spacial score (nSPS) is 15.0. The molecule has 0 saturated carbocycles. The van der Waals surface area contributed by atoms with Crippen LogP contribution in [-0.2, 0) is 0 Å². The lowest BCUT2D eigenvalue weighted by Gasteiger charge is -2.31. The molecule has 1 unspecified atom stereocenters. The zero-order valence-corrected chi connectivity index (χ0v) is 17.5. The van der Waals surface area contributed by atoms with E-state index in [0.717, 1.165) is 28.5 Å². The Balaban J connectivity index is 1.46. The van der Waals surface area contributed by atoms with E-state index in [1.54, 1.807) is 4.90 Å². The van der Waals surface area contributed by atoms with Crippen LogP contribution in [0.4, 0.5) is 10.5 Å². The van der Waals surface area contributed by atoms with E-state index in [2.05, 4.69) is 10.4 Å². The molecule has 0 saturated heterocycles. The fraction of sp³-hybridized carbons (Fsp3) is 0.304. The molecule has 1 N–H and O–H groups in total. The summed E-state index contributed by atoms with van der Waals surface area (Å²) in [5, 5.41) is 7.63. The summed E-state index contributed by atoms with van der Waals surface area (Å²) < 4.78 is 13.6. The predicted molar refractivity (Wildman–Crippen MR) is 116 cm³/mol. The minimum absolute atomic E-state index is 0.182. The van der Waals surface area contributed by atoms with Crippen molar-refractivity contribution in [3.05, 3.63) is 66.0 Å². The van der Waals surface area contributed by atoms with E-state index in [4.69, 9.17) is 9.47 Å². The van der Waals surface area contributed by atoms with Gasteiger partial charge in [0.25, 0.3) is 0 Å². The first-order valence-electron chi connectivity index (χ1n) is 10.1. The summed E-state index contributed by atoms with van der Waals surface area (Å²) >= 11 is 0. The highest BCUT2D eigenvalue weighted by Gasteiger charge is 2.26. The number of fused-ring (bicyclic) bond motifs is 1. The van der Waals surface area contributed by atoms with E-state index in [1.807, 2.05) is 80.1 Å². The van der Waals surface area contributed by atoms with Crippen molar-refractivity contribution in [1.82, 2.24) is 14.7 Å². The van der Waals surface area contributed by atoms with Gasteiger partial charge in [0.1, 0.15) is 6.61 Å². The molecule has 2 amide bonds. The van der Waals surface area contributed by atoms with Gasteiger partial charge in [0.05, 0.1) is 29.3 Å². The molecule has 1 aliphatic heterocycles. The first kappa shape index (κ1) is 19.8. The third-order valence-corrected chi connectivity index (χ3v) is 5.18. The van der Waals surface area contributed by atoms with Crippen LogP contribution in [0.1, 0.15) is 18.3 Å². The number of nitrogens with one attached hydrogen (secondary N) is 1. The number of hydrogen-bond donors (Lipinski definition) is 1. The number of nitrogens with zero attached hydrogens (tertiary/aromatic N) is 3. The molecule has 2 heterocycles. The summed E-state index contributed by atoms with van der Waals surface area (Å²) in [6, 6.07) is 17.3. The minimum atomic E-state index is -0.222. The highest BCUT2D eigenvalue weighted by Crippen LogP contribution is 2.31. The highest BCUT2D eigenvalue weighted by molar-refractivity contribution is 5.90. The zero-order valence-electron chi connectivity index (χ0n) is 17.5. The molecule has 7 nitrogen and oxygen atoms in total. The summed E-state index contributed by atoms with van der Waals surface area (Å²) in [7, 11) is 0. The Morgan fingerprint density at radius 1 is 1.13 bits per heavy atom. The van der Waals surface area contributed by atoms with Gasteiger partial charge in [-0.2, -0.15) is 5.10 Å². The quantitative estimate of drug-likeness (QED) is 0.690. The fourth-order valence-corrected chi connectivity index (χ4v) is 3.58. The molecule has 4 rings (SSSR count). The monoisotopic (exact) mass is 406 g/mol. The van der Waals surface area contributed by atoms with E-state index in [-0.39, 0.29) is 12.1 Å². The topological polar surface area (TPSA) is 68.6 Å². The van der Waals surface area contributed by atoms with Gasteiger partial charge in [0, 0.05) is 6.54 Å². The van der Waals surface area contributed by atoms with Crippen LogP contribution in [0.3, 0.4) is 0 Å². The Morgan fingerprint density at radius 3 is 2.57 bits per heavy atom. The van der Waals surface area contributed by atoms with Gasteiger partial charge in [0.2, 0.25) is 0 Å². The van der Waals surface area contributed by atoms with Crippen molar-refractivity contribution < 1.29 is 14.3 Å². The molecule has 2 aromatic carbocycles. The third-order valence-electron chi connectivity index (χ3n) is 5.18. The molecular formula is C23H26N4O3. The molecule has 1 atom stereocenters. The highest BCUT2D eigenvalue weighted by atomic mass is 16.6. The molecule has 0 bridgehead atoms. The second-order valence-electron chi connectivity index (χ2n) is 7.26. The van der Waals surface area contributed by atoms with Gasteiger partial charge < -0.3 is 19.7 Å². The number of ether oxygens (including phenoxy) is 2. The molecule has 0 spiro atoms. The molecular weight excluding hydrogens is 380 g/mol. The van der Waals surface area contributed by atoms with Gasteiger partial charge in [-0.05, 0) is 45.0 Å². The second-order valence-corrected chi connectivity index (χ2v) is 7.26. The fourth-order valence-electron chi connectivity index (χ4n) is 3.58. The Hall–Kier alpha value is -3.48. The van der Waals surface area contributed by atoms with Gasteiger partial charge in [-0.1, -0.05) is 30.3 Å². The third kappa shape index (κ3) is 3.96. The number of carbonyl (C=O) groups excluding carboxylic acids is 1. The average Bonchev–Trinajstić information content (AvgIpc) is 3.06. The Labute approximate surface area is 176 Å². The lowest BCUT2D eigenvalue weighted by Crippen LogP contribution is -2.45.